The van der Waals surface area contributed by atoms with Crippen LogP contribution in [-0.2, 0) is 52.3 Å². The molecule has 0 aromatic heterocycles. The zero-order chi connectivity index (χ0) is 37.9. The van der Waals surface area contributed by atoms with E-state index < -0.39 is 65.6 Å². The molecule has 52 heavy (non-hydrogen) atoms. The number of fused-ring (bicyclic) bond motifs is 6. The Morgan fingerprint density at radius 1 is 0.962 bits per heavy atom. The minimum atomic E-state index is -2.29. The van der Waals surface area contributed by atoms with Crippen molar-refractivity contribution in [3.8, 4) is 0 Å². The number of rotatable bonds is 9. The molecule has 294 valence electrons. The van der Waals surface area contributed by atoms with Gasteiger partial charge in [0, 0.05) is 30.8 Å². The van der Waals surface area contributed by atoms with Gasteiger partial charge in [-0.25, -0.2) is 4.79 Å². The molecule has 4 heterocycles. The number of carbonyl (C=O) groups excluding carboxylic acids is 4. The summed E-state index contributed by atoms with van der Waals surface area (Å²) in [6.45, 7) is 7.21. The van der Waals surface area contributed by atoms with Crippen molar-refractivity contribution in [1.29, 1.82) is 0 Å². The predicted octanol–water partition coefficient (Wildman–Crippen LogP) is 4.92. The molecule has 4 rings (SSSR count). The van der Waals surface area contributed by atoms with Gasteiger partial charge in [-0.05, 0) is 63.5 Å². The lowest BCUT2D eigenvalue weighted by Gasteiger charge is -2.51. The first-order valence-electron chi connectivity index (χ1n) is 19.1. The third-order valence-electron chi connectivity index (χ3n) is 10.5. The molecule has 0 aromatic carbocycles. The average Bonchev–Trinajstić information content (AvgIpc) is 3.08. The second-order valence-electron chi connectivity index (χ2n) is 15.2. The number of Topliss-reactive ketones (excluding diaryl/α,β-unsaturated/α-hetero) is 1. The van der Waals surface area contributed by atoms with Crippen molar-refractivity contribution < 1.29 is 62.5 Å². The van der Waals surface area contributed by atoms with Gasteiger partial charge in [-0.1, -0.05) is 52.5 Å². The van der Waals surface area contributed by atoms with Gasteiger partial charge >= 0.3 is 17.9 Å². The Hall–Kier alpha value is -2.68. The smallest absolute Gasteiger partial charge is 0.330 e. The van der Waals surface area contributed by atoms with Crippen LogP contribution in [0.15, 0.2) is 23.8 Å². The molecule has 3 fully saturated rings. The molecule has 6 bridgehead atoms. The molecule has 4 aliphatic heterocycles. The van der Waals surface area contributed by atoms with E-state index in [9.17, 15) is 29.4 Å². The highest BCUT2D eigenvalue weighted by atomic mass is 16.7. The van der Waals surface area contributed by atoms with Crippen molar-refractivity contribution in [1.82, 2.24) is 0 Å². The van der Waals surface area contributed by atoms with Crippen LogP contribution in [0, 0.1) is 5.41 Å². The van der Waals surface area contributed by atoms with E-state index in [-0.39, 0.29) is 56.0 Å². The molecule has 13 heteroatoms. The van der Waals surface area contributed by atoms with Gasteiger partial charge in [0.2, 0.25) is 5.79 Å². The summed E-state index contributed by atoms with van der Waals surface area (Å²) in [5, 5.41) is 23.5. The molecular weight excluding hydrogens is 676 g/mol. The van der Waals surface area contributed by atoms with Gasteiger partial charge in [0.15, 0.2) is 24.3 Å². The highest BCUT2D eigenvalue weighted by Gasteiger charge is 2.57. The van der Waals surface area contributed by atoms with E-state index in [1.165, 1.54) is 20.1 Å². The van der Waals surface area contributed by atoms with Crippen LogP contribution in [0.4, 0.5) is 0 Å². The number of unbranched alkanes of at least 4 members (excludes halogenated alkanes) is 4. The summed E-state index contributed by atoms with van der Waals surface area (Å²) in [6, 6.07) is 0. The van der Waals surface area contributed by atoms with Crippen molar-refractivity contribution in [2.45, 2.75) is 179 Å². The monoisotopic (exact) mass is 736 g/mol. The van der Waals surface area contributed by atoms with Gasteiger partial charge in [0.1, 0.15) is 0 Å². The summed E-state index contributed by atoms with van der Waals surface area (Å²) in [5.41, 5.74) is -1.10. The Bertz CT molecular complexity index is 1280. The van der Waals surface area contributed by atoms with E-state index in [0.29, 0.717) is 25.9 Å². The number of esters is 3. The van der Waals surface area contributed by atoms with E-state index in [1.807, 2.05) is 0 Å². The summed E-state index contributed by atoms with van der Waals surface area (Å²) in [4.78, 5) is 51.9. The molecule has 0 spiro atoms. The second kappa shape index (κ2) is 19.6. The van der Waals surface area contributed by atoms with Crippen LogP contribution in [0.1, 0.15) is 124 Å². The lowest BCUT2D eigenvalue weighted by Crippen LogP contribution is -2.62. The Kier molecular flexibility index (Phi) is 15.8. The minimum absolute atomic E-state index is 0.0493. The van der Waals surface area contributed by atoms with Crippen LogP contribution >= 0.6 is 0 Å². The number of cyclic esters (lactones) is 1. The Morgan fingerprint density at radius 3 is 2.38 bits per heavy atom. The Labute approximate surface area is 307 Å². The van der Waals surface area contributed by atoms with Crippen molar-refractivity contribution >= 4 is 23.7 Å². The molecule has 0 aromatic rings. The molecule has 0 unspecified atom stereocenters. The second-order valence-corrected chi connectivity index (χ2v) is 15.2. The first kappa shape index (κ1) is 42.1. The van der Waals surface area contributed by atoms with Gasteiger partial charge in [-0.2, -0.15) is 0 Å². The van der Waals surface area contributed by atoms with Crippen LogP contribution in [0.25, 0.3) is 0 Å². The molecule has 13 nitrogen and oxygen atoms in total. The lowest BCUT2D eigenvalue weighted by molar-refractivity contribution is -0.326. The third kappa shape index (κ3) is 11.9. The molecule has 0 radical (unpaired) electrons. The zero-order valence-corrected chi connectivity index (χ0v) is 31.5. The topological polar surface area (TPSA) is 173 Å². The maximum atomic E-state index is 13.3. The number of ketones is 1. The van der Waals surface area contributed by atoms with E-state index in [1.54, 1.807) is 26.0 Å². The van der Waals surface area contributed by atoms with Crippen LogP contribution in [-0.4, -0.2) is 102 Å². The molecule has 0 amide bonds. The Balaban J connectivity index is 1.70. The molecule has 0 aliphatic carbocycles. The summed E-state index contributed by atoms with van der Waals surface area (Å²) in [6.07, 6.45) is 6.66. The van der Waals surface area contributed by atoms with E-state index in [2.05, 4.69) is 6.92 Å². The number of ether oxygens (including phenoxy) is 7. The first-order valence-corrected chi connectivity index (χ1v) is 19.1. The highest BCUT2D eigenvalue weighted by molar-refractivity contribution is 5.84. The fourth-order valence-electron chi connectivity index (χ4n) is 7.43. The number of methoxy groups -OCH3 is 1. The van der Waals surface area contributed by atoms with Gasteiger partial charge in [0.05, 0.1) is 50.7 Å². The summed E-state index contributed by atoms with van der Waals surface area (Å²) in [7, 11) is 1.21. The fraction of sp³-hybridized carbons (Fsp3) is 0.795. The number of aliphatic hydroxyl groups is 2. The van der Waals surface area contributed by atoms with Crippen LogP contribution in [0.2, 0.25) is 0 Å². The normalized spacial score (nSPS) is 35.8. The number of hydrogen-bond acceptors (Lipinski definition) is 13. The average molecular weight is 737 g/mol. The third-order valence-corrected chi connectivity index (χ3v) is 10.5. The maximum absolute atomic E-state index is 13.3. The van der Waals surface area contributed by atoms with E-state index >= 15 is 0 Å². The molecule has 4 aliphatic rings. The Morgan fingerprint density at radius 2 is 1.67 bits per heavy atom. The number of hydrogen-bond donors (Lipinski definition) is 2. The van der Waals surface area contributed by atoms with E-state index in [4.69, 9.17) is 33.2 Å². The van der Waals surface area contributed by atoms with Gasteiger partial charge in [-0.15, -0.1) is 0 Å². The largest absolute Gasteiger partial charge is 0.466 e. The molecule has 2 N–H and O–H groups in total. The zero-order valence-electron chi connectivity index (χ0n) is 31.5. The van der Waals surface area contributed by atoms with Crippen LogP contribution < -0.4 is 0 Å². The van der Waals surface area contributed by atoms with Crippen molar-refractivity contribution in [3.63, 3.8) is 0 Å². The molecule has 3 saturated heterocycles. The maximum Gasteiger partial charge on any atom is 0.330 e. The van der Waals surface area contributed by atoms with Crippen LogP contribution in [0.3, 0.4) is 0 Å². The molecule has 9 atom stereocenters. The SMILES string of the molecule is CCCCCCCC(=O)O[C@H]1/C(=C/C(=O)OC)C[C@H]2C[C@H](C(C)=O)OC(=O)C[C@H](O)C[C@@H]3CCC[C@H](C[C@@H]4CCO[C@H](/C=C/C(C)(C)[C@]1(O)O2)O4)O3. The molecule has 0 saturated carbocycles. The van der Waals surface area contributed by atoms with Crippen LogP contribution in [0.5, 0.6) is 0 Å². The fourth-order valence-corrected chi connectivity index (χ4v) is 7.43. The van der Waals surface area contributed by atoms with Gasteiger partial charge in [-0.3, -0.25) is 14.4 Å². The van der Waals surface area contributed by atoms with Crippen molar-refractivity contribution in [2.75, 3.05) is 13.7 Å². The number of aliphatic hydroxyl groups excluding tert-OH is 1. The highest BCUT2D eigenvalue weighted by Crippen LogP contribution is 2.47. The predicted molar refractivity (Wildman–Crippen MR) is 187 cm³/mol. The van der Waals surface area contributed by atoms with Gasteiger partial charge in [0.25, 0.3) is 0 Å². The van der Waals surface area contributed by atoms with E-state index in [0.717, 1.165) is 44.9 Å². The van der Waals surface area contributed by atoms with Gasteiger partial charge < -0.3 is 43.4 Å². The van der Waals surface area contributed by atoms with Crippen molar-refractivity contribution in [2.24, 2.45) is 5.41 Å². The number of carbonyl (C=O) groups is 4. The summed E-state index contributed by atoms with van der Waals surface area (Å²) < 4.78 is 41.5. The first-order chi connectivity index (χ1) is 24.7. The standard InChI is InChI=1S/C39H60O13/c1-6-7-8-9-10-14-33(42)51-37-26(20-34(43)46-5)19-31-24-32(25(2)40)50-35(44)22-27(41)21-28-12-11-13-29(48-28)23-30-16-18-47-36(49-30)15-17-38(3,4)39(37,45)52-31/h15,17,20,27-32,36-37,41,45H,6-14,16,18-19,21-24H2,1-5H3/b17-15+,26-20+/t27-,28+,29-,30+,31+,32-,36+,37+,39-/m1/s1. The quantitative estimate of drug-likeness (QED) is 0.107. The van der Waals surface area contributed by atoms with Crippen molar-refractivity contribution in [3.05, 3.63) is 23.8 Å². The molecular formula is C39H60O13. The minimum Gasteiger partial charge on any atom is -0.466 e. The lowest BCUT2D eigenvalue weighted by atomic mass is 9.74. The summed E-state index contributed by atoms with van der Waals surface area (Å²) >= 11 is 0. The summed E-state index contributed by atoms with van der Waals surface area (Å²) in [5.74, 6) is -4.82.